The molecule has 1 aliphatic carbocycles. The summed E-state index contributed by atoms with van der Waals surface area (Å²) in [4.78, 5) is 7.14. The van der Waals surface area contributed by atoms with Crippen molar-refractivity contribution >= 4 is 17.9 Å². The van der Waals surface area contributed by atoms with E-state index in [0.717, 1.165) is 52.6 Å². The summed E-state index contributed by atoms with van der Waals surface area (Å²) in [5.41, 5.74) is 16.6. The van der Waals surface area contributed by atoms with Crippen molar-refractivity contribution in [1.82, 2.24) is 9.47 Å². The number of aromatic nitrogens is 1. The number of nitrogens with zero attached hydrogens (tertiary/aromatic N) is 3. The maximum atomic E-state index is 6.30. The molecule has 0 amide bonds. The predicted octanol–water partition coefficient (Wildman–Crippen LogP) is 5.33. The lowest BCUT2D eigenvalue weighted by atomic mass is 9.79. The van der Waals surface area contributed by atoms with Crippen LogP contribution in [-0.2, 0) is 6.61 Å². The van der Waals surface area contributed by atoms with Crippen molar-refractivity contribution in [3.63, 3.8) is 0 Å². The van der Waals surface area contributed by atoms with Crippen molar-refractivity contribution in [2.45, 2.75) is 38.3 Å². The molecule has 1 aliphatic heterocycles. The summed E-state index contributed by atoms with van der Waals surface area (Å²) in [6.07, 6.45) is 8.48. The first-order valence-corrected chi connectivity index (χ1v) is 12.6. The average molecular weight is 470 g/mol. The molecule has 1 aromatic heterocycles. The molecule has 182 valence electrons. The van der Waals surface area contributed by atoms with E-state index in [2.05, 4.69) is 51.5 Å². The summed E-state index contributed by atoms with van der Waals surface area (Å²) >= 11 is 0. The maximum absolute atomic E-state index is 6.30. The van der Waals surface area contributed by atoms with Crippen molar-refractivity contribution in [1.29, 1.82) is 0 Å². The van der Waals surface area contributed by atoms with Crippen molar-refractivity contribution < 1.29 is 4.74 Å². The molecule has 35 heavy (non-hydrogen) atoms. The molecule has 0 spiro atoms. The quantitative estimate of drug-likeness (QED) is 0.328. The van der Waals surface area contributed by atoms with E-state index in [9.17, 15) is 0 Å². The Kier molecular flexibility index (Phi) is 6.91. The molecule has 2 fully saturated rings. The Labute approximate surface area is 207 Å². The van der Waals surface area contributed by atoms with Crippen LogP contribution in [0.4, 0.5) is 5.82 Å². The highest BCUT2D eigenvalue weighted by atomic mass is 16.5. The smallest absolute Gasteiger partial charge is 0.144 e. The Hall–Kier alpha value is -3.51. The molecule has 1 saturated heterocycles. The van der Waals surface area contributed by atoms with Gasteiger partial charge in [0.1, 0.15) is 18.2 Å². The van der Waals surface area contributed by atoms with Gasteiger partial charge in [0.2, 0.25) is 0 Å². The first-order valence-electron chi connectivity index (χ1n) is 12.6. The summed E-state index contributed by atoms with van der Waals surface area (Å²) in [7, 11) is 0. The van der Waals surface area contributed by atoms with Crippen LogP contribution in [0.25, 0.3) is 16.8 Å². The number of likely N-dealkylation sites (tertiary alicyclic amines) is 1. The second-order valence-electron chi connectivity index (χ2n) is 9.75. The number of hydrogen-bond acceptors (Lipinski definition) is 4. The largest absolute Gasteiger partial charge is 0.489 e. The Morgan fingerprint density at radius 2 is 1.86 bits per heavy atom. The first kappa shape index (κ1) is 23.2. The zero-order valence-electron chi connectivity index (χ0n) is 20.3. The number of nitrogens with two attached hydrogens (primary N) is 2. The fourth-order valence-corrected chi connectivity index (χ4v) is 5.43. The molecular formula is C29H35N5O. The fourth-order valence-electron chi connectivity index (χ4n) is 5.43. The first-order chi connectivity index (χ1) is 17.1. The second-order valence-corrected chi connectivity index (χ2v) is 9.75. The maximum Gasteiger partial charge on any atom is 0.144 e. The van der Waals surface area contributed by atoms with E-state index in [4.69, 9.17) is 16.2 Å². The van der Waals surface area contributed by atoms with Gasteiger partial charge in [-0.05, 0) is 68.0 Å². The van der Waals surface area contributed by atoms with Crippen LogP contribution in [0, 0.1) is 5.92 Å². The monoisotopic (exact) mass is 469 g/mol. The standard InChI is InChI=1S/C29H35N5O/c1-21(31)28-27(24-10-7-11-26(16-24)35-19-22-8-3-2-4-9-22)18-34(29(28)32-20-30)25-14-23(15-25)17-33-12-5-6-13-33/h2-4,7-11,16,18,20,23,25H,1,5-6,12-15,17,19,31H2,(H2,30,32). The molecule has 3 aromatic rings. The molecule has 0 unspecified atom stereocenters. The molecule has 4 N–H and O–H groups in total. The minimum Gasteiger partial charge on any atom is -0.489 e. The highest BCUT2D eigenvalue weighted by Gasteiger charge is 2.34. The van der Waals surface area contributed by atoms with Crippen LogP contribution in [0.3, 0.4) is 0 Å². The Balaban J connectivity index is 1.39. The van der Waals surface area contributed by atoms with E-state index >= 15 is 0 Å². The third kappa shape index (κ3) is 5.13. The van der Waals surface area contributed by atoms with Gasteiger partial charge >= 0.3 is 0 Å². The van der Waals surface area contributed by atoms with Gasteiger partial charge in [0.15, 0.2) is 0 Å². The van der Waals surface area contributed by atoms with Gasteiger partial charge in [-0.15, -0.1) is 0 Å². The molecule has 2 aliphatic rings. The lowest BCUT2D eigenvalue weighted by molar-refractivity contribution is 0.144. The van der Waals surface area contributed by atoms with Crippen LogP contribution < -0.4 is 16.2 Å². The minimum absolute atomic E-state index is 0.394. The van der Waals surface area contributed by atoms with Gasteiger partial charge in [-0.25, -0.2) is 4.99 Å². The Bertz CT molecular complexity index is 1190. The van der Waals surface area contributed by atoms with E-state index in [1.165, 1.54) is 38.8 Å². The number of rotatable bonds is 9. The van der Waals surface area contributed by atoms with Crippen molar-refractivity contribution in [2.75, 3.05) is 19.6 Å². The van der Waals surface area contributed by atoms with Gasteiger partial charge < -0.3 is 25.7 Å². The molecule has 0 atom stereocenters. The third-order valence-corrected chi connectivity index (χ3v) is 7.24. The van der Waals surface area contributed by atoms with Crippen LogP contribution in [0.2, 0.25) is 0 Å². The number of ether oxygens (including phenoxy) is 1. The van der Waals surface area contributed by atoms with Gasteiger partial charge in [-0.3, -0.25) is 0 Å². The topological polar surface area (TPSA) is 81.8 Å². The average Bonchev–Trinajstić information content (AvgIpc) is 3.49. The van der Waals surface area contributed by atoms with E-state index in [1.807, 2.05) is 30.3 Å². The molecule has 1 saturated carbocycles. The Morgan fingerprint density at radius 1 is 1.09 bits per heavy atom. The Morgan fingerprint density at radius 3 is 2.57 bits per heavy atom. The molecule has 2 aromatic carbocycles. The van der Waals surface area contributed by atoms with Crippen molar-refractivity contribution in [3.8, 4) is 16.9 Å². The van der Waals surface area contributed by atoms with Gasteiger partial charge in [-0.1, -0.05) is 49.0 Å². The third-order valence-electron chi connectivity index (χ3n) is 7.24. The van der Waals surface area contributed by atoms with E-state index < -0.39 is 0 Å². The van der Waals surface area contributed by atoms with Crippen LogP contribution in [0.5, 0.6) is 5.75 Å². The van der Waals surface area contributed by atoms with Crippen LogP contribution in [0.15, 0.2) is 72.4 Å². The predicted molar refractivity (Wildman–Crippen MR) is 144 cm³/mol. The highest BCUT2D eigenvalue weighted by Crippen LogP contribution is 2.46. The van der Waals surface area contributed by atoms with E-state index in [0.29, 0.717) is 18.3 Å². The summed E-state index contributed by atoms with van der Waals surface area (Å²) in [5, 5.41) is 0. The molecule has 5 rings (SSSR count). The second kappa shape index (κ2) is 10.4. The molecule has 2 heterocycles. The lowest BCUT2D eigenvalue weighted by Crippen LogP contribution is -2.35. The van der Waals surface area contributed by atoms with Crippen LogP contribution in [-0.4, -0.2) is 35.4 Å². The normalized spacial score (nSPS) is 20.2. The van der Waals surface area contributed by atoms with Gasteiger partial charge in [-0.2, -0.15) is 0 Å². The molecular weight excluding hydrogens is 434 g/mol. The van der Waals surface area contributed by atoms with Crippen molar-refractivity contribution in [3.05, 3.63) is 78.5 Å². The number of aliphatic imine (C=N–C) groups is 1. The number of benzene rings is 2. The van der Waals surface area contributed by atoms with Crippen LogP contribution >= 0.6 is 0 Å². The van der Waals surface area contributed by atoms with Gasteiger partial charge in [0, 0.05) is 35.6 Å². The van der Waals surface area contributed by atoms with Gasteiger partial charge in [0.05, 0.1) is 6.34 Å². The molecule has 6 nitrogen and oxygen atoms in total. The summed E-state index contributed by atoms with van der Waals surface area (Å²) in [5.74, 6) is 2.33. The fraction of sp³-hybridized carbons (Fsp3) is 0.345. The molecule has 0 radical (unpaired) electrons. The zero-order chi connectivity index (χ0) is 24.2. The summed E-state index contributed by atoms with van der Waals surface area (Å²) < 4.78 is 8.34. The highest BCUT2D eigenvalue weighted by molar-refractivity contribution is 5.87. The summed E-state index contributed by atoms with van der Waals surface area (Å²) in [6, 6.07) is 18.7. The molecule has 0 bridgehead atoms. The summed E-state index contributed by atoms with van der Waals surface area (Å²) in [6.45, 7) is 8.28. The SMILES string of the molecule is C=C(N)c1c(-c2cccc(OCc3ccccc3)c2)cn(C2CC(CN3CCCC3)C2)c1N=CN. The zero-order valence-corrected chi connectivity index (χ0v) is 20.3. The lowest BCUT2D eigenvalue weighted by Gasteiger charge is -2.39. The van der Waals surface area contributed by atoms with Crippen LogP contribution in [0.1, 0.15) is 42.9 Å². The van der Waals surface area contributed by atoms with E-state index in [-0.39, 0.29) is 0 Å². The minimum atomic E-state index is 0.394. The van der Waals surface area contributed by atoms with Crippen molar-refractivity contribution in [2.24, 2.45) is 22.4 Å². The van der Waals surface area contributed by atoms with Gasteiger partial charge in [0.25, 0.3) is 0 Å². The van der Waals surface area contributed by atoms with E-state index in [1.54, 1.807) is 0 Å². The number of hydrogen-bond donors (Lipinski definition) is 2. The molecule has 6 heteroatoms.